The molecule has 1 aliphatic heterocycles. The van der Waals surface area contributed by atoms with Crippen LogP contribution in [0.1, 0.15) is 39.4 Å². The van der Waals surface area contributed by atoms with E-state index in [0.717, 1.165) is 14.8 Å². The van der Waals surface area contributed by atoms with Crippen LogP contribution in [0.4, 0.5) is 5.69 Å². The molecular formula is C26H22INO3. The molecule has 5 heteroatoms. The normalized spacial score (nSPS) is 19.1. The van der Waals surface area contributed by atoms with Gasteiger partial charge in [0, 0.05) is 27.3 Å². The van der Waals surface area contributed by atoms with Crippen molar-refractivity contribution < 1.29 is 14.3 Å². The Labute approximate surface area is 195 Å². The molecule has 3 aromatic carbocycles. The first kappa shape index (κ1) is 20.2. The lowest BCUT2D eigenvalue weighted by Gasteiger charge is -2.27. The average molecular weight is 523 g/mol. The van der Waals surface area contributed by atoms with E-state index >= 15 is 0 Å². The zero-order chi connectivity index (χ0) is 21.4. The van der Waals surface area contributed by atoms with Gasteiger partial charge in [0.1, 0.15) is 6.61 Å². The second kappa shape index (κ2) is 8.46. The zero-order valence-electron chi connectivity index (χ0n) is 17.0. The summed E-state index contributed by atoms with van der Waals surface area (Å²) in [5.74, 6) is -0.155. The molecule has 1 amide bonds. The number of hydrogen-bond acceptors (Lipinski definition) is 3. The number of carbonyl (C=O) groups is 2. The monoisotopic (exact) mass is 523 g/mol. The number of ether oxygens (including phenoxy) is 1. The summed E-state index contributed by atoms with van der Waals surface area (Å²) in [5.41, 5.74) is 5.10. The van der Waals surface area contributed by atoms with E-state index in [9.17, 15) is 9.59 Å². The highest BCUT2D eigenvalue weighted by atomic mass is 127. The van der Waals surface area contributed by atoms with Crippen molar-refractivity contribution in [2.45, 2.75) is 25.4 Å². The molecule has 31 heavy (non-hydrogen) atoms. The molecule has 0 aromatic heterocycles. The van der Waals surface area contributed by atoms with Crippen LogP contribution in [0.5, 0.6) is 0 Å². The van der Waals surface area contributed by atoms with Gasteiger partial charge in [0.15, 0.2) is 0 Å². The second-order valence-corrected chi connectivity index (χ2v) is 9.33. The molecule has 2 atom stereocenters. The van der Waals surface area contributed by atoms with Gasteiger partial charge in [0.05, 0.1) is 5.92 Å². The topological polar surface area (TPSA) is 46.6 Å². The highest BCUT2D eigenvalue weighted by Crippen LogP contribution is 2.48. The summed E-state index contributed by atoms with van der Waals surface area (Å²) in [6, 6.07) is 23.3. The summed E-state index contributed by atoms with van der Waals surface area (Å²) in [6.07, 6.45) is 1.38. The minimum Gasteiger partial charge on any atom is -0.461 e. The van der Waals surface area contributed by atoms with Gasteiger partial charge in [-0.3, -0.25) is 9.59 Å². The van der Waals surface area contributed by atoms with Gasteiger partial charge in [-0.2, -0.15) is 0 Å². The fraction of sp³-hybridized carbons (Fsp3) is 0.231. The van der Waals surface area contributed by atoms with Gasteiger partial charge in [-0.25, -0.2) is 0 Å². The van der Waals surface area contributed by atoms with Crippen LogP contribution >= 0.6 is 22.6 Å². The fourth-order valence-electron chi connectivity index (χ4n) is 4.75. The maximum absolute atomic E-state index is 13.2. The third-order valence-electron chi connectivity index (χ3n) is 6.22. The van der Waals surface area contributed by atoms with Crippen LogP contribution in [0.25, 0.3) is 0 Å². The molecule has 3 aromatic rings. The lowest BCUT2D eigenvalue weighted by molar-refractivity contribution is -0.150. The molecule has 0 N–H and O–H groups in total. The fourth-order valence-corrected chi connectivity index (χ4v) is 5.45. The lowest BCUT2D eigenvalue weighted by Crippen LogP contribution is -2.31. The number of halogens is 1. The molecular weight excluding hydrogens is 501 g/mol. The number of anilines is 1. The van der Waals surface area contributed by atoms with Crippen LogP contribution in [0, 0.1) is 9.49 Å². The lowest BCUT2D eigenvalue weighted by atomic mass is 9.78. The maximum Gasteiger partial charge on any atom is 0.309 e. The minimum atomic E-state index is -0.184. The Balaban J connectivity index is 1.38. The standard InChI is InChI=1S/C26H22INO3/c27-22-11-12-23-24-20(15-28(23)25(29)18-9-5-2-6-10-18)13-19(14-21(22)24)26(30)31-16-17-7-3-1-4-8-17/h1-12,19-20H,13-16H2. The van der Waals surface area contributed by atoms with E-state index in [4.69, 9.17) is 4.74 Å². The Kier molecular flexibility index (Phi) is 5.52. The molecule has 0 saturated heterocycles. The first-order valence-corrected chi connectivity index (χ1v) is 11.6. The van der Waals surface area contributed by atoms with Crippen LogP contribution in [0.3, 0.4) is 0 Å². The Morgan fingerprint density at radius 1 is 0.968 bits per heavy atom. The number of benzene rings is 3. The van der Waals surface area contributed by atoms with E-state index in [2.05, 4.69) is 34.7 Å². The van der Waals surface area contributed by atoms with Crippen molar-refractivity contribution in [1.82, 2.24) is 0 Å². The molecule has 1 heterocycles. The molecule has 0 fully saturated rings. The van der Waals surface area contributed by atoms with Crippen LogP contribution in [-0.4, -0.2) is 18.4 Å². The number of carbonyl (C=O) groups excluding carboxylic acids is 2. The molecule has 0 bridgehead atoms. The van der Waals surface area contributed by atoms with Crippen molar-refractivity contribution >= 4 is 40.2 Å². The van der Waals surface area contributed by atoms with E-state index in [0.29, 0.717) is 31.6 Å². The molecule has 2 aliphatic rings. The molecule has 5 rings (SSSR count). The van der Waals surface area contributed by atoms with Crippen LogP contribution in [0.15, 0.2) is 72.8 Å². The Morgan fingerprint density at radius 3 is 2.42 bits per heavy atom. The van der Waals surface area contributed by atoms with Gasteiger partial charge in [0.25, 0.3) is 5.91 Å². The minimum absolute atomic E-state index is 0.0154. The van der Waals surface area contributed by atoms with Gasteiger partial charge in [0.2, 0.25) is 0 Å². The summed E-state index contributed by atoms with van der Waals surface area (Å²) < 4.78 is 6.80. The Hall–Kier alpha value is -2.67. The SMILES string of the molecule is O=C(OCc1ccccc1)C1Cc2c(I)ccc3c2C(C1)CN3C(=O)c1ccccc1. The van der Waals surface area contributed by atoms with Crippen molar-refractivity contribution in [3.63, 3.8) is 0 Å². The summed E-state index contributed by atoms with van der Waals surface area (Å²) >= 11 is 2.34. The van der Waals surface area contributed by atoms with Gasteiger partial charge >= 0.3 is 5.97 Å². The zero-order valence-corrected chi connectivity index (χ0v) is 19.1. The second-order valence-electron chi connectivity index (χ2n) is 8.17. The number of amides is 1. The molecule has 0 radical (unpaired) electrons. The number of esters is 1. The summed E-state index contributed by atoms with van der Waals surface area (Å²) in [7, 11) is 0. The largest absolute Gasteiger partial charge is 0.461 e. The van der Waals surface area contributed by atoms with Gasteiger partial charge in [-0.1, -0.05) is 48.5 Å². The maximum atomic E-state index is 13.2. The first-order chi connectivity index (χ1) is 15.1. The third kappa shape index (κ3) is 3.87. The summed E-state index contributed by atoms with van der Waals surface area (Å²) in [4.78, 5) is 28.0. The van der Waals surface area contributed by atoms with Crippen LogP contribution in [0.2, 0.25) is 0 Å². The van der Waals surface area contributed by atoms with E-state index in [-0.39, 0.29) is 23.7 Å². The summed E-state index contributed by atoms with van der Waals surface area (Å²) in [6.45, 7) is 0.905. The Bertz CT molecular complexity index is 1130. The van der Waals surface area contributed by atoms with Crippen molar-refractivity contribution in [1.29, 1.82) is 0 Å². The van der Waals surface area contributed by atoms with E-state index in [1.54, 1.807) is 0 Å². The van der Waals surface area contributed by atoms with E-state index < -0.39 is 0 Å². The highest BCUT2D eigenvalue weighted by molar-refractivity contribution is 14.1. The van der Waals surface area contributed by atoms with Gasteiger partial charge < -0.3 is 9.64 Å². The molecule has 2 unspecified atom stereocenters. The van der Waals surface area contributed by atoms with Crippen LogP contribution in [-0.2, 0) is 22.6 Å². The highest BCUT2D eigenvalue weighted by Gasteiger charge is 2.41. The van der Waals surface area contributed by atoms with Crippen molar-refractivity contribution in [3.8, 4) is 0 Å². The van der Waals surface area contributed by atoms with E-state index in [1.807, 2.05) is 65.6 Å². The number of rotatable bonds is 4. The van der Waals surface area contributed by atoms with Gasteiger partial charge in [-0.15, -0.1) is 0 Å². The van der Waals surface area contributed by atoms with Gasteiger partial charge in [-0.05, 0) is 76.4 Å². The molecule has 0 saturated carbocycles. The number of hydrogen-bond donors (Lipinski definition) is 0. The molecule has 0 spiro atoms. The van der Waals surface area contributed by atoms with Crippen molar-refractivity contribution in [2.75, 3.05) is 11.4 Å². The van der Waals surface area contributed by atoms with Crippen molar-refractivity contribution in [3.05, 3.63) is 98.6 Å². The third-order valence-corrected chi connectivity index (χ3v) is 7.23. The number of nitrogens with zero attached hydrogens (tertiary/aromatic N) is 1. The summed E-state index contributed by atoms with van der Waals surface area (Å²) in [5, 5.41) is 0. The predicted molar refractivity (Wildman–Crippen MR) is 128 cm³/mol. The molecule has 1 aliphatic carbocycles. The van der Waals surface area contributed by atoms with Crippen molar-refractivity contribution in [2.24, 2.45) is 5.92 Å². The van der Waals surface area contributed by atoms with E-state index in [1.165, 1.54) is 11.1 Å². The molecule has 4 nitrogen and oxygen atoms in total. The Morgan fingerprint density at radius 2 is 1.68 bits per heavy atom. The molecule has 156 valence electrons. The quantitative estimate of drug-likeness (QED) is 0.343. The van der Waals surface area contributed by atoms with Crippen LogP contribution < -0.4 is 4.90 Å². The first-order valence-electron chi connectivity index (χ1n) is 10.5. The smallest absolute Gasteiger partial charge is 0.309 e. The predicted octanol–water partition coefficient (Wildman–Crippen LogP) is 5.34. The average Bonchev–Trinajstić information content (AvgIpc) is 3.19.